The summed E-state index contributed by atoms with van der Waals surface area (Å²) in [5.74, 6) is 1.42. The van der Waals surface area contributed by atoms with Crippen LogP contribution >= 0.6 is 15.9 Å². The molecule has 1 aliphatic carbocycles. The largest absolute Gasteiger partial charge is 0.345 e. The predicted octanol–water partition coefficient (Wildman–Crippen LogP) is 4.20. The van der Waals surface area contributed by atoms with Gasteiger partial charge in [0.15, 0.2) is 5.78 Å². The van der Waals surface area contributed by atoms with Crippen LogP contribution in [0, 0.1) is 17.2 Å². The second-order valence-electron chi connectivity index (χ2n) is 11.6. The van der Waals surface area contributed by atoms with Crippen LogP contribution in [0.2, 0.25) is 0 Å². The first kappa shape index (κ1) is 28.2. The van der Waals surface area contributed by atoms with E-state index >= 15 is 0 Å². The number of piperidine rings is 1. The third-order valence-corrected chi connectivity index (χ3v) is 9.37. The summed E-state index contributed by atoms with van der Waals surface area (Å²) in [6.45, 7) is 10.4. The Kier molecular flexibility index (Phi) is 9.28. The Morgan fingerprint density at radius 1 is 1.08 bits per heavy atom. The lowest BCUT2D eigenvalue weighted by molar-refractivity contribution is 0.0658. The van der Waals surface area contributed by atoms with E-state index in [2.05, 4.69) is 71.6 Å². The molecule has 2 saturated heterocycles. The van der Waals surface area contributed by atoms with Gasteiger partial charge in [0.25, 0.3) is 0 Å². The first-order valence-electron chi connectivity index (χ1n) is 14.4. The summed E-state index contributed by atoms with van der Waals surface area (Å²) in [5.41, 5.74) is 1.97. The van der Waals surface area contributed by atoms with Crippen LogP contribution in [-0.4, -0.2) is 95.4 Å². The van der Waals surface area contributed by atoms with Crippen LogP contribution in [0.25, 0.3) is 0 Å². The van der Waals surface area contributed by atoms with Crippen molar-refractivity contribution in [2.75, 3.05) is 57.8 Å². The number of aromatic nitrogens is 2. The number of carbonyl (C=O) groups is 1. The van der Waals surface area contributed by atoms with Gasteiger partial charge in [-0.25, -0.2) is 9.97 Å². The number of halogens is 1. The van der Waals surface area contributed by atoms with Gasteiger partial charge in [0.1, 0.15) is 11.9 Å². The quantitative estimate of drug-likeness (QED) is 0.421. The molecule has 1 saturated carbocycles. The normalized spacial score (nSPS) is 23.5. The Labute approximate surface area is 241 Å². The molecule has 1 aromatic heterocycles. The number of hydrogen-bond donors (Lipinski definition) is 0. The van der Waals surface area contributed by atoms with Gasteiger partial charge in [0.05, 0.1) is 11.0 Å². The Hall–Kier alpha value is -2.38. The molecule has 1 aromatic carbocycles. The van der Waals surface area contributed by atoms with E-state index < -0.39 is 0 Å². The van der Waals surface area contributed by atoms with Crippen LogP contribution < -0.4 is 4.90 Å². The highest BCUT2D eigenvalue weighted by Crippen LogP contribution is 2.34. The van der Waals surface area contributed by atoms with Crippen LogP contribution in [0.1, 0.15) is 60.8 Å². The number of carbonyl (C=O) groups excluding carboxylic acids is 1. The second kappa shape index (κ2) is 12.9. The van der Waals surface area contributed by atoms with Crippen molar-refractivity contribution in [1.82, 2.24) is 24.7 Å². The van der Waals surface area contributed by atoms with Gasteiger partial charge >= 0.3 is 0 Å². The van der Waals surface area contributed by atoms with Gasteiger partial charge in [-0.3, -0.25) is 14.6 Å². The van der Waals surface area contributed by atoms with Gasteiger partial charge in [0, 0.05) is 56.6 Å². The van der Waals surface area contributed by atoms with Gasteiger partial charge < -0.3 is 9.80 Å². The maximum Gasteiger partial charge on any atom is 0.234 e. The van der Waals surface area contributed by atoms with E-state index in [1.165, 1.54) is 44.6 Å². The number of rotatable bonds is 8. The summed E-state index contributed by atoms with van der Waals surface area (Å²) >= 11 is 3.56. The van der Waals surface area contributed by atoms with E-state index in [4.69, 9.17) is 0 Å². The summed E-state index contributed by atoms with van der Waals surface area (Å²) in [7, 11) is 2.22. The fraction of sp³-hybridized carbons (Fsp3) is 0.600. The van der Waals surface area contributed by atoms with E-state index in [1.807, 2.05) is 18.2 Å². The van der Waals surface area contributed by atoms with Crippen molar-refractivity contribution in [1.29, 1.82) is 5.26 Å². The number of nitrogens with zero attached hydrogens (tertiary/aromatic N) is 7. The molecule has 3 fully saturated rings. The van der Waals surface area contributed by atoms with E-state index in [1.54, 1.807) is 6.20 Å². The zero-order valence-corrected chi connectivity index (χ0v) is 24.8. The average Bonchev–Trinajstić information content (AvgIpc) is 3.39. The lowest BCUT2D eigenvalue weighted by atomic mass is 10.0. The summed E-state index contributed by atoms with van der Waals surface area (Å²) < 4.78 is 0.709. The fourth-order valence-corrected chi connectivity index (χ4v) is 6.80. The van der Waals surface area contributed by atoms with Gasteiger partial charge in [-0.2, -0.15) is 5.26 Å². The van der Waals surface area contributed by atoms with Gasteiger partial charge in [0.2, 0.25) is 5.82 Å². The fourth-order valence-electron chi connectivity index (χ4n) is 6.38. The first-order chi connectivity index (χ1) is 18.9. The third-order valence-electron chi connectivity index (χ3n) is 8.81. The number of nitriles is 1. The highest BCUT2D eigenvalue weighted by Gasteiger charge is 2.31. The molecule has 39 heavy (non-hydrogen) atoms. The molecule has 2 aromatic rings. The van der Waals surface area contributed by atoms with Crippen molar-refractivity contribution in [3.8, 4) is 6.07 Å². The van der Waals surface area contributed by atoms with Gasteiger partial charge in [-0.1, -0.05) is 31.2 Å². The summed E-state index contributed by atoms with van der Waals surface area (Å²) in [4.78, 5) is 31.7. The Morgan fingerprint density at radius 2 is 1.79 bits per heavy atom. The van der Waals surface area contributed by atoms with E-state index in [0.717, 1.165) is 44.9 Å². The van der Waals surface area contributed by atoms with Gasteiger partial charge in [-0.05, 0) is 79.7 Å². The molecular formula is C30H40BrN7O. The van der Waals surface area contributed by atoms with E-state index in [9.17, 15) is 10.1 Å². The van der Waals surface area contributed by atoms with Crippen LogP contribution in [-0.2, 0) is 6.54 Å². The topological polar surface area (TPSA) is 79.6 Å². The molecule has 2 atom stereocenters. The molecule has 0 radical (unpaired) electrons. The summed E-state index contributed by atoms with van der Waals surface area (Å²) in [6.07, 6.45) is 7.24. The number of Topliss-reactive ketones (excluding diaryl/α,β-unsaturated/α-hetero) is 1. The molecule has 0 spiro atoms. The highest BCUT2D eigenvalue weighted by molar-refractivity contribution is 9.10. The lowest BCUT2D eigenvalue weighted by Gasteiger charge is -2.42. The number of benzene rings is 1. The van der Waals surface area contributed by atoms with Crippen molar-refractivity contribution in [2.45, 2.75) is 57.7 Å². The standard InChI is InChI=1S/C30H40BrN7O/c1-22-3-8-26(17-22)38(30-27(31)19-33-29(18-32)34-30)21-28(39)24-6-4-23(5-7-24)20-36-11-9-25(10-12-36)37-15-13-35(2)14-16-37/h4-7,19,22,25-26H,3,8-17,20-21H2,1-2H3. The zero-order valence-electron chi connectivity index (χ0n) is 23.2. The lowest BCUT2D eigenvalue weighted by Crippen LogP contribution is -2.52. The first-order valence-corrected chi connectivity index (χ1v) is 15.1. The number of ketones is 1. The smallest absolute Gasteiger partial charge is 0.234 e. The number of hydrogen-bond acceptors (Lipinski definition) is 8. The monoisotopic (exact) mass is 593 g/mol. The summed E-state index contributed by atoms with van der Waals surface area (Å²) in [5, 5.41) is 9.34. The van der Waals surface area contributed by atoms with Crippen molar-refractivity contribution >= 4 is 27.5 Å². The van der Waals surface area contributed by atoms with Gasteiger partial charge in [-0.15, -0.1) is 0 Å². The van der Waals surface area contributed by atoms with Crippen LogP contribution in [0.4, 0.5) is 5.82 Å². The maximum atomic E-state index is 13.5. The minimum Gasteiger partial charge on any atom is -0.345 e. The Bertz CT molecular complexity index is 1170. The van der Waals surface area contributed by atoms with Crippen molar-refractivity contribution in [3.63, 3.8) is 0 Å². The SMILES string of the molecule is CC1CCC(N(CC(=O)c2ccc(CN3CCC(N4CCN(C)CC4)CC3)cc2)c2nc(C#N)ncc2Br)C1. The van der Waals surface area contributed by atoms with Crippen LogP contribution in [0.3, 0.4) is 0 Å². The van der Waals surface area contributed by atoms with Crippen molar-refractivity contribution < 1.29 is 4.79 Å². The molecular weight excluding hydrogens is 554 g/mol. The molecule has 0 amide bonds. The minimum atomic E-state index is 0.0677. The highest BCUT2D eigenvalue weighted by atomic mass is 79.9. The van der Waals surface area contributed by atoms with Crippen LogP contribution in [0.15, 0.2) is 34.9 Å². The van der Waals surface area contributed by atoms with Crippen molar-refractivity contribution in [3.05, 3.63) is 51.9 Å². The Balaban J connectivity index is 1.19. The zero-order chi connectivity index (χ0) is 27.4. The molecule has 2 unspecified atom stereocenters. The molecule has 3 heterocycles. The van der Waals surface area contributed by atoms with E-state index in [-0.39, 0.29) is 24.2 Å². The number of piperazine rings is 1. The Morgan fingerprint density at radius 3 is 2.44 bits per heavy atom. The molecule has 0 bridgehead atoms. The molecule has 8 nitrogen and oxygen atoms in total. The third kappa shape index (κ3) is 7.04. The number of likely N-dealkylation sites (N-methyl/N-ethyl adjacent to an activating group) is 1. The molecule has 5 rings (SSSR count). The number of likely N-dealkylation sites (tertiary alicyclic amines) is 1. The van der Waals surface area contributed by atoms with Crippen LogP contribution in [0.5, 0.6) is 0 Å². The predicted molar refractivity (Wildman–Crippen MR) is 157 cm³/mol. The molecule has 2 aliphatic heterocycles. The summed E-state index contributed by atoms with van der Waals surface area (Å²) in [6, 6.07) is 11.1. The van der Waals surface area contributed by atoms with E-state index in [0.29, 0.717) is 21.8 Å². The molecule has 208 valence electrons. The minimum absolute atomic E-state index is 0.0677. The second-order valence-corrected chi connectivity index (χ2v) is 12.5. The average molecular weight is 595 g/mol. The molecule has 9 heteroatoms. The molecule has 0 N–H and O–H groups in total. The van der Waals surface area contributed by atoms with Crippen molar-refractivity contribution in [2.24, 2.45) is 5.92 Å². The number of anilines is 1. The maximum absolute atomic E-state index is 13.5. The molecule has 3 aliphatic rings.